The molecule has 0 radical (unpaired) electrons. The van der Waals surface area contributed by atoms with Crippen LogP contribution in [0.3, 0.4) is 0 Å². The van der Waals surface area contributed by atoms with Crippen molar-refractivity contribution in [2.45, 2.75) is 12.7 Å². The predicted octanol–water partition coefficient (Wildman–Crippen LogP) is 2.54. The lowest BCUT2D eigenvalue weighted by Crippen LogP contribution is -2.27. The number of nitro benzene ring substituents is 1. The summed E-state index contributed by atoms with van der Waals surface area (Å²) in [6, 6.07) is 13.3. The standard InChI is InChI=1S/C18H18N2O7S/c1-28(24,25)12-15-10-19(18(21)27-15)14-7-8-17(16(9-14)20(22)23)26-11-13-5-3-2-4-6-13/h2-9,15H,10-12H2,1H3/t15-/m1/s1. The highest BCUT2D eigenvalue weighted by molar-refractivity contribution is 7.90. The summed E-state index contributed by atoms with van der Waals surface area (Å²) in [5.41, 5.74) is 0.792. The van der Waals surface area contributed by atoms with Gasteiger partial charge in [0.1, 0.15) is 12.7 Å². The molecule has 0 aliphatic carbocycles. The highest BCUT2D eigenvalue weighted by Crippen LogP contribution is 2.34. The first-order valence-corrected chi connectivity index (χ1v) is 10.4. The number of carbonyl (C=O) groups is 1. The van der Waals surface area contributed by atoms with Crippen LogP contribution in [0.15, 0.2) is 48.5 Å². The van der Waals surface area contributed by atoms with Gasteiger partial charge in [-0.2, -0.15) is 0 Å². The van der Waals surface area contributed by atoms with E-state index < -0.39 is 27.0 Å². The van der Waals surface area contributed by atoms with Crippen LogP contribution in [0, 0.1) is 10.1 Å². The minimum Gasteiger partial charge on any atom is -0.482 e. The number of amides is 1. The highest BCUT2D eigenvalue weighted by Gasteiger charge is 2.35. The first-order chi connectivity index (χ1) is 13.2. The van der Waals surface area contributed by atoms with Gasteiger partial charge >= 0.3 is 11.8 Å². The SMILES string of the molecule is CS(=O)(=O)C[C@H]1CN(c2ccc(OCc3ccccc3)c([N+](=O)[O-])c2)C(=O)O1. The molecule has 1 atom stereocenters. The Morgan fingerprint density at radius 2 is 1.96 bits per heavy atom. The second-order valence-electron chi connectivity index (χ2n) is 6.39. The lowest BCUT2D eigenvalue weighted by atomic mass is 10.2. The predicted molar refractivity (Wildman–Crippen MR) is 101 cm³/mol. The van der Waals surface area contributed by atoms with Gasteiger partial charge in [0, 0.05) is 12.3 Å². The van der Waals surface area contributed by atoms with Crippen molar-refractivity contribution in [2.24, 2.45) is 0 Å². The maximum Gasteiger partial charge on any atom is 0.414 e. The maximum atomic E-state index is 12.1. The fraction of sp³-hybridized carbons (Fsp3) is 0.278. The zero-order chi connectivity index (χ0) is 20.3. The number of carbonyl (C=O) groups excluding carboxylic acids is 1. The molecule has 1 saturated heterocycles. The van der Waals surface area contributed by atoms with Gasteiger partial charge in [-0.3, -0.25) is 15.0 Å². The third kappa shape index (κ3) is 4.77. The summed E-state index contributed by atoms with van der Waals surface area (Å²) < 4.78 is 33.4. The lowest BCUT2D eigenvalue weighted by Gasteiger charge is -2.14. The first-order valence-electron chi connectivity index (χ1n) is 8.34. The van der Waals surface area contributed by atoms with E-state index in [-0.39, 0.29) is 36.0 Å². The van der Waals surface area contributed by atoms with E-state index in [9.17, 15) is 23.3 Å². The molecule has 3 rings (SSSR count). The zero-order valence-corrected chi connectivity index (χ0v) is 15.8. The number of nitro groups is 1. The summed E-state index contributed by atoms with van der Waals surface area (Å²) >= 11 is 0. The third-order valence-electron chi connectivity index (χ3n) is 4.05. The summed E-state index contributed by atoms with van der Waals surface area (Å²) in [6.07, 6.45) is -0.524. The molecule has 0 N–H and O–H groups in total. The van der Waals surface area contributed by atoms with Crippen molar-refractivity contribution in [3.05, 3.63) is 64.2 Å². The van der Waals surface area contributed by atoms with Gasteiger partial charge in [0.15, 0.2) is 15.6 Å². The van der Waals surface area contributed by atoms with Crippen LogP contribution in [0.2, 0.25) is 0 Å². The van der Waals surface area contributed by atoms with Gasteiger partial charge < -0.3 is 9.47 Å². The van der Waals surface area contributed by atoms with Gasteiger partial charge in [-0.05, 0) is 17.7 Å². The molecule has 28 heavy (non-hydrogen) atoms. The smallest absolute Gasteiger partial charge is 0.414 e. The van der Waals surface area contributed by atoms with Crippen LogP contribution in [0.25, 0.3) is 0 Å². The average molecular weight is 406 g/mol. The van der Waals surface area contributed by atoms with Crippen LogP contribution < -0.4 is 9.64 Å². The van der Waals surface area contributed by atoms with Crippen molar-refractivity contribution >= 4 is 27.3 Å². The Labute approximate surface area is 161 Å². The van der Waals surface area contributed by atoms with Crippen molar-refractivity contribution in [2.75, 3.05) is 23.5 Å². The fourth-order valence-electron chi connectivity index (χ4n) is 2.83. The Balaban J connectivity index is 1.79. The minimum absolute atomic E-state index is 0.00667. The molecule has 1 fully saturated rings. The average Bonchev–Trinajstić information content (AvgIpc) is 2.99. The second kappa shape index (κ2) is 7.85. The molecule has 2 aromatic rings. The molecule has 1 aliphatic rings. The van der Waals surface area contributed by atoms with Crippen LogP contribution in [0.5, 0.6) is 5.75 Å². The van der Waals surface area contributed by atoms with Crippen molar-refractivity contribution < 1.29 is 27.6 Å². The van der Waals surface area contributed by atoms with E-state index in [4.69, 9.17) is 9.47 Å². The molecule has 1 amide bonds. The number of hydrogen-bond donors (Lipinski definition) is 0. The Hall–Kier alpha value is -3.14. The van der Waals surface area contributed by atoms with Crippen LogP contribution >= 0.6 is 0 Å². The van der Waals surface area contributed by atoms with Crippen LogP contribution in [-0.4, -0.2) is 44.1 Å². The molecule has 0 aromatic heterocycles. The number of benzene rings is 2. The van der Waals surface area contributed by atoms with E-state index in [1.54, 1.807) is 0 Å². The van der Waals surface area contributed by atoms with Gasteiger partial charge in [0.25, 0.3) is 0 Å². The number of anilines is 1. The van der Waals surface area contributed by atoms with Crippen LogP contribution in [-0.2, 0) is 21.2 Å². The maximum absolute atomic E-state index is 12.1. The van der Waals surface area contributed by atoms with Crippen molar-refractivity contribution in [1.29, 1.82) is 0 Å². The molecule has 10 heteroatoms. The second-order valence-corrected chi connectivity index (χ2v) is 8.58. The Bertz CT molecular complexity index is 992. The van der Waals surface area contributed by atoms with E-state index >= 15 is 0 Å². The summed E-state index contributed by atoms with van der Waals surface area (Å²) in [5, 5.41) is 11.4. The first kappa shape index (κ1) is 19.6. The fourth-order valence-corrected chi connectivity index (χ4v) is 3.68. The molecule has 0 saturated carbocycles. The summed E-state index contributed by atoms with van der Waals surface area (Å²) in [6.45, 7) is 0.149. The molecule has 0 bridgehead atoms. The molecule has 148 valence electrons. The third-order valence-corrected chi connectivity index (χ3v) is 5.03. The number of rotatable bonds is 7. The molecular formula is C18H18N2O7S. The largest absolute Gasteiger partial charge is 0.482 e. The zero-order valence-electron chi connectivity index (χ0n) is 15.0. The van der Waals surface area contributed by atoms with Crippen molar-refractivity contribution in [3.63, 3.8) is 0 Å². The van der Waals surface area contributed by atoms with Crippen LogP contribution in [0.1, 0.15) is 5.56 Å². The Kier molecular flexibility index (Phi) is 5.50. The van der Waals surface area contributed by atoms with E-state index in [0.29, 0.717) is 0 Å². The molecule has 0 unspecified atom stereocenters. The summed E-state index contributed by atoms with van der Waals surface area (Å²) in [7, 11) is -3.33. The van der Waals surface area contributed by atoms with E-state index in [1.165, 1.54) is 23.1 Å². The molecule has 9 nitrogen and oxygen atoms in total. The number of cyclic esters (lactones) is 1. The van der Waals surface area contributed by atoms with Crippen molar-refractivity contribution in [1.82, 2.24) is 0 Å². The quantitative estimate of drug-likeness (QED) is 0.512. The number of nitrogens with zero attached hydrogens (tertiary/aromatic N) is 2. The topological polar surface area (TPSA) is 116 Å². The Morgan fingerprint density at radius 3 is 2.61 bits per heavy atom. The molecule has 1 heterocycles. The molecular weight excluding hydrogens is 388 g/mol. The van der Waals surface area contributed by atoms with E-state index in [1.807, 2.05) is 30.3 Å². The molecule has 0 spiro atoms. The summed E-state index contributed by atoms with van der Waals surface area (Å²) in [4.78, 5) is 24.1. The molecule has 1 aliphatic heterocycles. The monoisotopic (exact) mass is 406 g/mol. The molecule has 2 aromatic carbocycles. The number of ether oxygens (including phenoxy) is 2. The van der Waals surface area contributed by atoms with Gasteiger partial charge in [-0.25, -0.2) is 13.2 Å². The number of sulfone groups is 1. The minimum atomic E-state index is -3.33. The summed E-state index contributed by atoms with van der Waals surface area (Å²) in [5.74, 6) is -0.242. The van der Waals surface area contributed by atoms with Gasteiger partial charge in [-0.15, -0.1) is 0 Å². The number of hydrogen-bond acceptors (Lipinski definition) is 7. The van der Waals surface area contributed by atoms with E-state index in [0.717, 1.165) is 11.8 Å². The van der Waals surface area contributed by atoms with Crippen LogP contribution in [0.4, 0.5) is 16.2 Å². The highest BCUT2D eigenvalue weighted by atomic mass is 32.2. The normalized spacial score (nSPS) is 16.7. The van der Waals surface area contributed by atoms with Gasteiger partial charge in [-0.1, -0.05) is 30.3 Å². The van der Waals surface area contributed by atoms with Gasteiger partial charge in [0.05, 0.1) is 22.9 Å². The Morgan fingerprint density at radius 1 is 1.25 bits per heavy atom. The van der Waals surface area contributed by atoms with E-state index in [2.05, 4.69) is 0 Å². The van der Waals surface area contributed by atoms with Crippen molar-refractivity contribution in [3.8, 4) is 5.75 Å². The van der Waals surface area contributed by atoms with Gasteiger partial charge in [0.2, 0.25) is 0 Å². The lowest BCUT2D eigenvalue weighted by molar-refractivity contribution is -0.385.